The number of ether oxygens (including phenoxy) is 5. The predicted octanol–water partition coefficient (Wildman–Crippen LogP) is 3.56. The third-order valence-electron chi connectivity index (χ3n) is 3.86. The summed E-state index contributed by atoms with van der Waals surface area (Å²) in [7, 11) is 0. The van der Waals surface area contributed by atoms with Crippen LogP contribution in [0.2, 0.25) is 0 Å². The molecule has 0 fully saturated rings. The molecule has 0 saturated heterocycles. The zero-order valence-electron chi connectivity index (χ0n) is 17.7. The summed E-state index contributed by atoms with van der Waals surface area (Å²) in [6.07, 6.45) is 4.38. The Balaban J connectivity index is 0. The Morgan fingerprint density at radius 3 is 2.08 bits per heavy atom. The molecular weight excluding hydrogens is 348 g/mol. The maximum Gasteiger partial charge on any atom is 2.00 e. The van der Waals surface area contributed by atoms with Crippen molar-refractivity contribution in [3.8, 4) is 11.5 Å². The van der Waals surface area contributed by atoms with Gasteiger partial charge in [0.05, 0.1) is 33.0 Å². The van der Waals surface area contributed by atoms with E-state index in [1.165, 1.54) is 11.1 Å². The van der Waals surface area contributed by atoms with Crippen molar-refractivity contribution in [2.45, 2.75) is 46.1 Å². The van der Waals surface area contributed by atoms with E-state index in [2.05, 4.69) is 19.9 Å². The second-order valence-corrected chi connectivity index (χ2v) is 5.86. The summed E-state index contributed by atoms with van der Waals surface area (Å²) in [5.74, 6) is 1.66. The van der Waals surface area contributed by atoms with Gasteiger partial charge in [0.25, 0.3) is 0 Å². The molecule has 0 amide bonds. The molecule has 0 radical (unpaired) electrons. The van der Waals surface area contributed by atoms with Gasteiger partial charge in [0.1, 0.15) is 0 Å². The van der Waals surface area contributed by atoms with Gasteiger partial charge in [-0.2, -0.15) is 0 Å². The number of benzene rings is 1. The van der Waals surface area contributed by atoms with Crippen LogP contribution in [0.1, 0.15) is 47.1 Å². The van der Waals surface area contributed by atoms with Crippen molar-refractivity contribution in [3.63, 3.8) is 0 Å². The van der Waals surface area contributed by atoms with Crippen molar-refractivity contribution in [2.24, 2.45) is 0 Å². The third-order valence-corrected chi connectivity index (χ3v) is 3.86. The Labute approximate surface area is 184 Å². The Morgan fingerprint density at radius 1 is 0.840 bits per heavy atom. The van der Waals surface area contributed by atoms with Crippen LogP contribution in [-0.4, -0.2) is 77.6 Å². The average Bonchev–Trinajstić information content (AvgIpc) is 3.04. The van der Waals surface area contributed by atoms with Crippen molar-refractivity contribution in [3.05, 3.63) is 23.3 Å². The van der Waals surface area contributed by atoms with E-state index in [-0.39, 0.29) is 40.6 Å². The van der Waals surface area contributed by atoms with Crippen molar-refractivity contribution in [1.29, 1.82) is 0 Å². The molecule has 1 aliphatic rings. The van der Waals surface area contributed by atoms with Crippen molar-refractivity contribution < 1.29 is 26.5 Å². The van der Waals surface area contributed by atoms with Crippen LogP contribution >= 0.6 is 0 Å². The molecule has 1 aromatic carbocycles. The van der Waals surface area contributed by atoms with Crippen LogP contribution in [0.5, 0.6) is 11.5 Å². The van der Waals surface area contributed by atoms with E-state index >= 15 is 0 Å². The number of fused-ring (bicyclic) bond motifs is 1. The summed E-state index contributed by atoms with van der Waals surface area (Å²) in [4.78, 5) is 0. The molecule has 1 aromatic rings. The first-order valence-electron chi connectivity index (χ1n) is 8.99. The monoisotopic (exact) mass is 380 g/mol. The molecule has 2 rings (SSSR count). The molecule has 6 heteroatoms. The zero-order chi connectivity index (χ0) is 17.0. The average molecular weight is 381 g/mol. The minimum Gasteiger partial charge on any atom is -1.00 e. The van der Waals surface area contributed by atoms with E-state index in [4.69, 9.17) is 23.7 Å². The van der Waals surface area contributed by atoms with E-state index in [0.717, 1.165) is 43.8 Å². The van der Waals surface area contributed by atoms with Crippen molar-refractivity contribution in [2.75, 3.05) is 39.8 Å². The Morgan fingerprint density at radius 2 is 1.44 bits per heavy atom. The molecule has 140 valence electrons. The smallest absolute Gasteiger partial charge is 1.00 e. The molecule has 0 atom stereocenters. The molecule has 0 spiro atoms. The first kappa shape index (κ1) is 23.0. The van der Waals surface area contributed by atoms with Gasteiger partial charge in [-0.25, -0.2) is 0 Å². The molecule has 0 N–H and O–H groups in total. The number of rotatable bonds is 13. The van der Waals surface area contributed by atoms with Crippen LogP contribution in [0.4, 0.5) is 0 Å². The van der Waals surface area contributed by atoms with Crippen LogP contribution in [0.25, 0.3) is 0 Å². The first-order chi connectivity index (χ1) is 11.8. The van der Waals surface area contributed by atoms with E-state index < -0.39 is 0 Å². The van der Waals surface area contributed by atoms with Crippen LogP contribution in [0, 0.1) is 0 Å². The quantitative estimate of drug-likeness (QED) is 0.387. The SMILES string of the molecule is CCCCOCCOCCOCc1cc2c(cc1CCC)OCO2.[Ca+2].[H-].[H-]. The third kappa shape index (κ3) is 8.46. The summed E-state index contributed by atoms with van der Waals surface area (Å²) < 4.78 is 27.6. The summed E-state index contributed by atoms with van der Waals surface area (Å²) in [5, 5.41) is 0. The van der Waals surface area contributed by atoms with Crippen LogP contribution in [0.3, 0.4) is 0 Å². The van der Waals surface area contributed by atoms with Gasteiger partial charge < -0.3 is 26.5 Å². The van der Waals surface area contributed by atoms with E-state index in [1.807, 2.05) is 6.07 Å². The first-order valence-corrected chi connectivity index (χ1v) is 8.99. The summed E-state index contributed by atoms with van der Waals surface area (Å²) >= 11 is 0. The van der Waals surface area contributed by atoms with Crippen molar-refractivity contribution in [1.82, 2.24) is 0 Å². The van der Waals surface area contributed by atoms with Gasteiger partial charge in [0, 0.05) is 6.61 Å². The van der Waals surface area contributed by atoms with Gasteiger partial charge in [0.2, 0.25) is 6.79 Å². The molecular formula is C19H32CaO5. The van der Waals surface area contributed by atoms with Gasteiger partial charge in [-0.05, 0) is 36.1 Å². The predicted molar refractivity (Wildman–Crippen MR) is 101 cm³/mol. The van der Waals surface area contributed by atoms with Gasteiger partial charge in [-0.1, -0.05) is 26.7 Å². The van der Waals surface area contributed by atoms with Crippen LogP contribution in [0.15, 0.2) is 12.1 Å². The maximum absolute atomic E-state index is 5.75. The largest absolute Gasteiger partial charge is 2.00 e. The molecule has 25 heavy (non-hydrogen) atoms. The fourth-order valence-electron chi connectivity index (χ4n) is 2.53. The fourth-order valence-corrected chi connectivity index (χ4v) is 2.53. The van der Waals surface area contributed by atoms with E-state index in [0.29, 0.717) is 39.8 Å². The number of hydrogen-bond donors (Lipinski definition) is 0. The normalized spacial score (nSPS) is 12.2. The molecule has 0 bridgehead atoms. The molecule has 1 heterocycles. The molecule has 1 aliphatic heterocycles. The summed E-state index contributed by atoms with van der Waals surface area (Å²) in [6.45, 7) is 8.47. The topological polar surface area (TPSA) is 46.2 Å². The second-order valence-electron chi connectivity index (χ2n) is 5.86. The fraction of sp³-hybridized carbons (Fsp3) is 0.684. The van der Waals surface area contributed by atoms with Gasteiger partial charge in [-0.3, -0.25) is 0 Å². The minimum absolute atomic E-state index is 0. The van der Waals surface area contributed by atoms with Gasteiger partial charge in [-0.15, -0.1) is 0 Å². The number of aryl methyl sites for hydroxylation is 1. The van der Waals surface area contributed by atoms with Crippen molar-refractivity contribution >= 4 is 37.7 Å². The molecule has 0 unspecified atom stereocenters. The molecule has 0 aliphatic carbocycles. The molecule has 0 saturated carbocycles. The second kappa shape index (κ2) is 14.1. The number of unbranched alkanes of at least 4 members (excludes halogenated alkanes) is 1. The zero-order valence-corrected chi connectivity index (χ0v) is 17.9. The Kier molecular flexibility index (Phi) is 12.9. The van der Waals surface area contributed by atoms with Gasteiger partial charge >= 0.3 is 37.7 Å². The van der Waals surface area contributed by atoms with Crippen LogP contribution in [-0.2, 0) is 27.2 Å². The van der Waals surface area contributed by atoms with E-state index in [1.54, 1.807) is 0 Å². The standard InChI is InChI=1S/C19H30O5.Ca.2H/c1-3-5-7-20-8-9-21-10-11-22-14-17-13-19-18(23-15-24-19)12-16(17)6-4-2;;;/h12-13H,3-11,14-15H2,1-2H3;;;/q;+2;2*-1. The van der Waals surface area contributed by atoms with Crippen LogP contribution < -0.4 is 9.47 Å². The maximum atomic E-state index is 5.75. The number of hydrogen-bond acceptors (Lipinski definition) is 5. The minimum atomic E-state index is 0. The Bertz CT molecular complexity index is 491. The van der Waals surface area contributed by atoms with E-state index in [9.17, 15) is 0 Å². The Hall–Kier alpha value is -0.0403. The molecule has 0 aromatic heterocycles. The summed E-state index contributed by atoms with van der Waals surface area (Å²) in [5.41, 5.74) is 2.44. The van der Waals surface area contributed by atoms with Gasteiger partial charge in [0.15, 0.2) is 11.5 Å². The summed E-state index contributed by atoms with van der Waals surface area (Å²) in [6, 6.07) is 4.12. The molecule has 5 nitrogen and oxygen atoms in total.